The zero-order chi connectivity index (χ0) is 21.0. The molecule has 0 aliphatic rings. The molecule has 0 aromatic heterocycles. The van der Waals surface area contributed by atoms with Gasteiger partial charge in [0.2, 0.25) is 0 Å². The van der Waals surface area contributed by atoms with Crippen molar-refractivity contribution in [3.05, 3.63) is 29.8 Å². The predicted molar refractivity (Wildman–Crippen MR) is 102 cm³/mol. The molecule has 2 nitrogen and oxygen atoms in total. The molecule has 0 heterocycles. The Morgan fingerprint density at radius 1 is 0.759 bits per heavy atom. The number of ether oxygens (including phenoxy) is 1. The van der Waals surface area contributed by atoms with Gasteiger partial charge < -0.3 is 9.84 Å². The fourth-order valence-corrected chi connectivity index (χ4v) is 3.17. The first-order valence-corrected chi connectivity index (χ1v) is 11.5. The van der Waals surface area contributed by atoms with Crippen molar-refractivity contribution in [1.82, 2.24) is 0 Å². The van der Waals surface area contributed by atoms with Crippen LogP contribution in [0.3, 0.4) is 0 Å². The van der Waals surface area contributed by atoms with Crippen molar-refractivity contribution in [3.63, 3.8) is 0 Å². The Hall–Kier alpha value is 0.336. The number of halogens is 5. The van der Waals surface area contributed by atoms with E-state index in [0.29, 0.717) is 43.8 Å². The summed E-state index contributed by atoms with van der Waals surface area (Å²) in [6, 6.07) is 2.73. The molecule has 0 atom stereocenters. The Bertz CT molecular complexity index is 639. The van der Waals surface area contributed by atoms with E-state index in [2.05, 4.69) is 11.8 Å². The Balaban J connectivity index is 0.00000784. The van der Waals surface area contributed by atoms with Crippen LogP contribution in [0.15, 0.2) is 29.2 Å². The summed E-state index contributed by atoms with van der Waals surface area (Å²) < 4.78 is 68.4. The summed E-state index contributed by atoms with van der Waals surface area (Å²) in [5.41, 5.74) is 0.295. The van der Waals surface area contributed by atoms with Gasteiger partial charge in [-0.2, -0.15) is 0 Å². The molecule has 0 saturated carbocycles. The second-order valence-electron chi connectivity index (χ2n) is 6.69. The van der Waals surface area contributed by atoms with Crippen LogP contribution in [0.1, 0.15) is 63.4 Å². The summed E-state index contributed by atoms with van der Waals surface area (Å²) in [5, 5.41) is 10.2. The van der Waals surface area contributed by atoms with E-state index in [0.717, 1.165) is 57.1 Å². The van der Waals surface area contributed by atoms with Crippen LogP contribution in [-0.4, -0.2) is 19.8 Å². The molecule has 1 rings (SSSR count). The van der Waals surface area contributed by atoms with Gasteiger partial charge in [-0.3, -0.25) is 0 Å². The van der Waals surface area contributed by atoms with E-state index in [1.165, 1.54) is 0 Å². The number of rotatable bonds is 13. The molecule has 0 N–H and O–H groups in total. The Morgan fingerprint density at radius 3 is 1.83 bits per heavy atom. The molecule has 1 aromatic carbocycles. The van der Waals surface area contributed by atoms with Gasteiger partial charge in [-0.15, -0.1) is 6.61 Å². The summed E-state index contributed by atoms with van der Waals surface area (Å²) in [4.78, 5) is -1.89. The van der Waals surface area contributed by atoms with Crippen molar-refractivity contribution < 1.29 is 80.7 Å². The summed E-state index contributed by atoms with van der Waals surface area (Å²) in [5.74, 6) is 5.57. The molecular weight excluding hydrogens is 438 g/mol. The van der Waals surface area contributed by atoms with Crippen LogP contribution in [0, 0.1) is 11.8 Å². The van der Waals surface area contributed by atoms with Crippen molar-refractivity contribution in [1.29, 1.82) is 0 Å². The van der Waals surface area contributed by atoms with Crippen LogP contribution in [0.2, 0.25) is 0 Å². The van der Waals surface area contributed by atoms with Crippen LogP contribution in [-0.2, 0) is 4.74 Å². The first kappa shape index (κ1) is 29.3. The topological polar surface area (TPSA) is 32.3 Å². The maximum atomic E-state index is 12.6. The fraction of sp³-hybridized carbons (Fsp3) is 0.600. The van der Waals surface area contributed by atoms with Crippen LogP contribution in [0.25, 0.3) is 0 Å². The van der Waals surface area contributed by atoms with Crippen LogP contribution < -0.4 is 56.5 Å². The number of hydrogen-bond donors (Lipinski definition) is 0. The van der Waals surface area contributed by atoms with Crippen molar-refractivity contribution in [2.24, 2.45) is 0 Å². The van der Waals surface area contributed by atoms with E-state index >= 15 is 0 Å². The maximum absolute atomic E-state index is 12.6. The third-order valence-electron chi connectivity index (χ3n) is 4.06. The van der Waals surface area contributed by atoms with Gasteiger partial charge in [0.1, 0.15) is 4.90 Å². The largest absolute Gasteiger partial charge is 1.00 e. The fourth-order valence-electron chi connectivity index (χ4n) is 2.52. The minimum Gasteiger partial charge on any atom is -0.854 e. The first-order chi connectivity index (χ1) is 13.0. The number of hydrogen-bond acceptors (Lipinski definition) is 2. The second kappa shape index (κ2) is 13.0. The summed E-state index contributed by atoms with van der Waals surface area (Å²) in [6.45, 7) is 1.16. The van der Waals surface area contributed by atoms with Gasteiger partial charge >= 0.3 is 61.6 Å². The monoisotopic (exact) mass is 466 g/mol. The molecule has 162 valence electrons. The number of unbranched alkanes of at least 4 members (excludes halogenated alkanes) is 7. The van der Waals surface area contributed by atoms with E-state index in [-0.39, 0.29) is 58.0 Å². The minimum absolute atomic E-state index is 0. The molecule has 0 aliphatic carbocycles. The van der Waals surface area contributed by atoms with E-state index in [1.54, 1.807) is 0 Å². The van der Waals surface area contributed by atoms with Gasteiger partial charge in [0.25, 0.3) is 0 Å². The molecule has 29 heavy (non-hydrogen) atoms. The SMILES string of the molecule is [K+].[O-]CCCOCCCCCCCCCC#Cc1ccc(S(F)(F)(F)(F)F)cc1. The summed E-state index contributed by atoms with van der Waals surface area (Å²) in [6.07, 6.45) is 8.58. The summed E-state index contributed by atoms with van der Waals surface area (Å²) >= 11 is 0. The third kappa shape index (κ3) is 14.9. The van der Waals surface area contributed by atoms with Gasteiger partial charge in [-0.05, 0) is 43.5 Å². The molecule has 0 aliphatic heterocycles. The van der Waals surface area contributed by atoms with Gasteiger partial charge in [-0.1, -0.05) is 63.4 Å². The molecule has 0 spiro atoms. The Morgan fingerprint density at radius 2 is 1.28 bits per heavy atom. The molecule has 0 radical (unpaired) electrons. The molecule has 1 aromatic rings. The normalized spacial score (nSPS) is 13.6. The average Bonchev–Trinajstić information content (AvgIpc) is 2.60. The molecule has 0 unspecified atom stereocenters. The Labute approximate surface area is 213 Å². The first-order valence-electron chi connectivity index (χ1n) is 9.52. The van der Waals surface area contributed by atoms with Crippen LogP contribution in [0.5, 0.6) is 0 Å². The van der Waals surface area contributed by atoms with E-state index in [9.17, 15) is 24.5 Å². The van der Waals surface area contributed by atoms with Crippen LogP contribution in [0.4, 0.5) is 19.4 Å². The maximum Gasteiger partial charge on any atom is 1.00 e. The van der Waals surface area contributed by atoms with E-state index in [4.69, 9.17) is 4.74 Å². The van der Waals surface area contributed by atoms with Crippen molar-refractivity contribution in [3.8, 4) is 11.8 Å². The van der Waals surface area contributed by atoms with Crippen molar-refractivity contribution in [2.75, 3.05) is 19.8 Å². The summed E-state index contributed by atoms with van der Waals surface area (Å²) in [7, 11) is -9.60. The smallest absolute Gasteiger partial charge is 0.854 e. The minimum atomic E-state index is -9.60. The van der Waals surface area contributed by atoms with Gasteiger partial charge in [0, 0.05) is 25.2 Å². The van der Waals surface area contributed by atoms with E-state index < -0.39 is 15.1 Å². The third-order valence-corrected chi connectivity index (χ3v) is 5.22. The van der Waals surface area contributed by atoms with Crippen LogP contribution >= 0.6 is 10.2 Å². The average molecular weight is 467 g/mol. The quantitative estimate of drug-likeness (QED) is 0.193. The van der Waals surface area contributed by atoms with Crippen molar-refractivity contribution >= 4 is 10.2 Å². The zero-order valence-electron chi connectivity index (χ0n) is 16.9. The molecule has 9 heteroatoms. The molecular formula is C20H28F5KO2S. The van der Waals surface area contributed by atoms with Gasteiger partial charge in [0.15, 0.2) is 0 Å². The van der Waals surface area contributed by atoms with Gasteiger partial charge in [-0.25, -0.2) is 0 Å². The second-order valence-corrected chi connectivity index (χ2v) is 9.10. The van der Waals surface area contributed by atoms with Crippen molar-refractivity contribution in [2.45, 2.75) is 62.7 Å². The predicted octanol–water partition coefficient (Wildman–Crippen LogP) is 3.59. The Kier molecular flexibility index (Phi) is 13.2. The molecule has 0 saturated heterocycles. The van der Waals surface area contributed by atoms with Gasteiger partial charge in [0.05, 0.1) is 0 Å². The standard InChI is InChI=1S/C20H28F5O2S.K/c21-28(22,23,24,25)20-14-12-19(13-15-20)11-8-6-4-2-1-3-5-7-9-17-27-18-10-16-26;/h12-15H,1-7,9-10,16-18H2;/q-1;+1. The molecule has 0 fully saturated rings. The van der Waals surface area contributed by atoms with E-state index in [1.807, 2.05) is 0 Å². The molecule has 0 bridgehead atoms. The number of benzene rings is 1. The molecule has 0 amide bonds. The zero-order valence-corrected chi connectivity index (χ0v) is 20.8.